The van der Waals surface area contributed by atoms with Gasteiger partial charge < -0.3 is 5.32 Å². The first-order valence-electron chi connectivity index (χ1n) is 6.70. The number of hydrazine groups is 1. The summed E-state index contributed by atoms with van der Waals surface area (Å²) in [5, 5.41) is 3.02. The minimum atomic E-state index is -3.50. The second kappa shape index (κ2) is 6.59. The molecule has 1 fully saturated rings. The van der Waals surface area contributed by atoms with E-state index in [0.717, 1.165) is 17.1 Å². The highest BCUT2D eigenvalue weighted by Crippen LogP contribution is 2.28. The van der Waals surface area contributed by atoms with Crippen molar-refractivity contribution in [2.45, 2.75) is 17.7 Å². The first kappa shape index (κ1) is 16.7. The van der Waals surface area contributed by atoms with Crippen molar-refractivity contribution in [2.75, 3.05) is 19.4 Å². The lowest BCUT2D eigenvalue weighted by atomic mass is 10.3. The molecule has 1 saturated carbocycles. The van der Waals surface area contributed by atoms with Crippen molar-refractivity contribution in [2.24, 2.45) is 5.92 Å². The van der Waals surface area contributed by atoms with Crippen LogP contribution in [0.5, 0.6) is 0 Å². The standard InChI is InChI=1S/C13H18N4O3S2/c1-17(2)22(19,20)11-5-3-4-10(8-11)14-13(21)16-15-12(18)9-6-7-9/h3-5,8-9H,6-7H2,1-2H3,(H,15,18)(H2,14,16,21). The molecule has 7 nitrogen and oxygen atoms in total. The zero-order chi connectivity index (χ0) is 16.3. The van der Waals surface area contributed by atoms with E-state index in [-0.39, 0.29) is 21.8 Å². The van der Waals surface area contributed by atoms with Gasteiger partial charge in [-0.25, -0.2) is 12.7 Å². The summed E-state index contributed by atoms with van der Waals surface area (Å²) in [6, 6.07) is 6.29. The predicted octanol–water partition coefficient (Wildman–Crippen LogP) is 0.664. The molecule has 120 valence electrons. The summed E-state index contributed by atoms with van der Waals surface area (Å²) in [5.74, 6) is -0.0167. The summed E-state index contributed by atoms with van der Waals surface area (Å²) in [5.41, 5.74) is 5.62. The van der Waals surface area contributed by atoms with Crippen molar-refractivity contribution in [1.82, 2.24) is 15.2 Å². The first-order chi connectivity index (χ1) is 10.3. The minimum Gasteiger partial charge on any atom is -0.331 e. The van der Waals surface area contributed by atoms with Crippen molar-refractivity contribution < 1.29 is 13.2 Å². The van der Waals surface area contributed by atoms with Gasteiger partial charge in [0.2, 0.25) is 15.9 Å². The molecule has 0 atom stereocenters. The largest absolute Gasteiger partial charge is 0.331 e. The van der Waals surface area contributed by atoms with Crippen LogP contribution in [0.3, 0.4) is 0 Å². The second-order valence-electron chi connectivity index (χ2n) is 5.16. The molecule has 9 heteroatoms. The highest BCUT2D eigenvalue weighted by atomic mass is 32.2. The van der Waals surface area contributed by atoms with Crippen LogP contribution in [-0.4, -0.2) is 37.8 Å². The van der Waals surface area contributed by atoms with Crippen molar-refractivity contribution in [3.05, 3.63) is 24.3 Å². The van der Waals surface area contributed by atoms with E-state index >= 15 is 0 Å². The maximum Gasteiger partial charge on any atom is 0.242 e. The van der Waals surface area contributed by atoms with Gasteiger partial charge >= 0.3 is 0 Å². The van der Waals surface area contributed by atoms with Crippen LogP contribution >= 0.6 is 12.2 Å². The van der Waals surface area contributed by atoms with Crippen LogP contribution in [0.15, 0.2) is 29.2 Å². The molecule has 0 saturated heterocycles. The Balaban J connectivity index is 1.97. The quantitative estimate of drug-likeness (QED) is 0.550. The van der Waals surface area contributed by atoms with Crippen molar-refractivity contribution >= 4 is 38.9 Å². The Morgan fingerprint density at radius 2 is 1.95 bits per heavy atom. The second-order valence-corrected chi connectivity index (χ2v) is 7.72. The van der Waals surface area contributed by atoms with E-state index < -0.39 is 10.0 Å². The van der Waals surface area contributed by atoms with Gasteiger partial charge in [0.25, 0.3) is 0 Å². The van der Waals surface area contributed by atoms with Crippen LogP contribution in [0.1, 0.15) is 12.8 Å². The maximum atomic E-state index is 12.1. The number of sulfonamides is 1. The monoisotopic (exact) mass is 342 g/mol. The van der Waals surface area contributed by atoms with E-state index in [1.54, 1.807) is 12.1 Å². The molecular weight excluding hydrogens is 324 g/mol. The third-order valence-corrected chi connectivity index (χ3v) is 5.13. The fourth-order valence-electron chi connectivity index (χ4n) is 1.67. The number of carbonyl (C=O) groups is 1. The Kier molecular flexibility index (Phi) is 4.99. The van der Waals surface area contributed by atoms with Gasteiger partial charge in [-0.3, -0.25) is 15.6 Å². The van der Waals surface area contributed by atoms with Gasteiger partial charge in [0.05, 0.1) is 4.90 Å². The van der Waals surface area contributed by atoms with E-state index in [1.807, 2.05) is 0 Å². The molecule has 0 aliphatic heterocycles. The lowest BCUT2D eigenvalue weighted by Gasteiger charge is -2.14. The van der Waals surface area contributed by atoms with Crippen LogP contribution in [0.4, 0.5) is 5.69 Å². The summed E-state index contributed by atoms with van der Waals surface area (Å²) >= 11 is 5.05. The van der Waals surface area contributed by atoms with Gasteiger partial charge in [0.1, 0.15) is 0 Å². The van der Waals surface area contributed by atoms with E-state index in [4.69, 9.17) is 12.2 Å². The molecule has 22 heavy (non-hydrogen) atoms. The lowest BCUT2D eigenvalue weighted by molar-refractivity contribution is -0.122. The van der Waals surface area contributed by atoms with Crippen LogP contribution in [0.2, 0.25) is 0 Å². The van der Waals surface area contributed by atoms with Crippen molar-refractivity contribution in [3.63, 3.8) is 0 Å². The van der Waals surface area contributed by atoms with Crippen LogP contribution in [-0.2, 0) is 14.8 Å². The number of hydrogen-bond donors (Lipinski definition) is 3. The topological polar surface area (TPSA) is 90.5 Å². The van der Waals surface area contributed by atoms with Gasteiger partial charge in [0.15, 0.2) is 5.11 Å². The van der Waals surface area contributed by atoms with Gasteiger partial charge in [-0.2, -0.15) is 0 Å². The fraction of sp³-hybridized carbons (Fsp3) is 0.385. The number of nitrogens with one attached hydrogen (secondary N) is 3. The zero-order valence-corrected chi connectivity index (χ0v) is 13.9. The summed E-state index contributed by atoms with van der Waals surface area (Å²) in [6.07, 6.45) is 1.80. The normalized spacial score (nSPS) is 14.5. The Hall–Kier alpha value is -1.71. The smallest absolute Gasteiger partial charge is 0.242 e. The number of nitrogens with zero attached hydrogens (tertiary/aromatic N) is 1. The number of amides is 1. The molecule has 0 bridgehead atoms. The first-order valence-corrected chi connectivity index (χ1v) is 8.55. The van der Waals surface area contributed by atoms with Crippen molar-refractivity contribution in [3.8, 4) is 0 Å². The summed E-state index contributed by atoms with van der Waals surface area (Å²) in [6.45, 7) is 0. The molecule has 1 amide bonds. The maximum absolute atomic E-state index is 12.1. The van der Waals surface area contributed by atoms with Gasteiger partial charge in [-0.15, -0.1) is 0 Å². The third kappa shape index (κ3) is 4.15. The average Bonchev–Trinajstić information content (AvgIpc) is 3.29. The van der Waals surface area contributed by atoms with Gasteiger partial charge in [-0.1, -0.05) is 6.07 Å². The fourth-order valence-corrected chi connectivity index (χ4v) is 2.79. The Morgan fingerprint density at radius 1 is 1.27 bits per heavy atom. The van der Waals surface area contributed by atoms with Crippen LogP contribution in [0, 0.1) is 5.92 Å². The van der Waals surface area contributed by atoms with Gasteiger partial charge in [0, 0.05) is 25.7 Å². The summed E-state index contributed by atoms with van der Waals surface area (Å²) in [7, 11) is -0.569. The molecule has 0 aromatic heterocycles. The van der Waals surface area contributed by atoms with Crippen LogP contribution < -0.4 is 16.2 Å². The molecule has 0 unspecified atom stereocenters. The molecule has 2 rings (SSSR count). The number of thiocarbonyl (C=S) groups is 1. The number of anilines is 1. The molecule has 0 radical (unpaired) electrons. The Morgan fingerprint density at radius 3 is 2.55 bits per heavy atom. The van der Waals surface area contributed by atoms with E-state index in [0.29, 0.717) is 5.69 Å². The minimum absolute atomic E-state index is 0.0730. The molecular formula is C13H18N4O3S2. The van der Waals surface area contributed by atoms with E-state index in [1.165, 1.54) is 26.2 Å². The SMILES string of the molecule is CN(C)S(=O)(=O)c1cccc(NC(=S)NNC(=O)C2CC2)c1. The molecule has 0 heterocycles. The van der Waals surface area contributed by atoms with Crippen molar-refractivity contribution in [1.29, 1.82) is 0 Å². The number of carbonyl (C=O) groups excluding carboxylic acids is 1. The average molecular weight is 342 g/mol. The Labute approximate surface area is 135 Å². The molecule has 1 aliphatic carbocycles. The summed E-state index contributed by atoms with van der Waals surface area (Å²) in [4.78, 5) is 11.6. The zero-order valence-electron chi connectivity index (χ0n) is 12.3. The number of benzene rings is 1. The Bertz CT molecular complexity index is 684. The van der Waals surface area contributed by atoms with E-state index in [9.17, 15) is 13.2 Å². The van der Waals surface area contributed by atoms with Gasteiger partial charge in [-0.05, 0) is 43.3 Å². The van der Waals surface area contributed by atoms with E-state index in [2.05, 4.69) is 16.2 Å². The molecule has 0 spiro atoms. The molecule has 1 aromatic carbocycles. The highest BCUT2D eigenvalue weighted by Gasteiger charge is 2.29. The third-order valence-electron chi connectivity index (χ3n) is 3.12. The highest BCUT2D eigenvalue weighted by molar-refractivity contribution is 7.89. The molecule has 3 N–H and O–H groups in total. The van der Waals surface area contributed by atoms with Crippen LogP contribution in [0.25, 0.3) is 0 Å². The lowest BCUT2D eigenvalue weighted by Crippen LogP contribution is -2.44. The summed E-state index contributed by atoms with van der Waals surface area (Å²) < 4.78 is 25.3. The number of rotatable bonds is 4. The predicted molar refractivity (Wildman–Crippen MR) is 87.5 cm³/mol. The molecule has 1 aliphatic rings. The number of hydrogen-bond acceptors (Lipinski definition) is 4. The molecule has 1 aromatic rings.